The fourth-order valence-electron chi connectivity index (χ4n) is 2.30. The number of hydrogen-bond donors (Lipinski definition) is 1. The van der Waals surface area contributed by atoms with Crippen LogP contribution < -0.4 is 10.4 Å². The number of aromatic nitrogens is 4. The summed E-state index contributed by atoms with van der Waals surface area (Å²) in [7, 11) is 0. The summed E-state index contributed by atoms with van der Waals surface area (Å²) in [6, 6.07) is 6.86. The Labute approximate surface area is 150 Å². The predicted molar refractivity (Wildman–Crippen MR) is 96.9 cm³/mol. The van der Waals surface area contributed by atoms with Gasteiger partial charge < -0.3 is 9.72 Å². The van der Waals surface area contributed by atoms with Crippen LogP contribution in [0.3, 0.4) is 0 Å². The zero-order chi connectivity index (χ0) is 18.2. The minimum absolute atomic E-state index is 0.150. The van der Waals surface area contributed by atoms with Crippen molar-refractivity contribution in [2.75, 3.05) is 0 Å². The van der Waals surface area contributed by atoms with Gasteiger partial charge in [-0.25, -0.2) is 14.8 Å². The van der Waals surface area contributed by atoms with Gasteiger partial charge in [0.2, 0.25) is 0 Å². The summed E-state index contributed by atoms with van der Waals surface area (Å²) in [5, 5.41) is 0.355. The topological polar surface area (TPSA) is 72.8 Å². The third-order valence-corrected chi connectivity index (χ3v) is 3.93. The molecule has 6 nitrogen and oxygen atoms in total. The van der Waals surface area contributed by atoms with E-state index in [2.05, 4.69) is 15.0 Å². The van der Waals surface area contributed by atoms with Crippen LogP contribution in [-0.2, 0) is 5.41 Å². The molecule has 0 fully saturated rings. The number of aryl methyl sites for hydroxylation is 1. The van der Waals surface area contributed by atoms with Gasteiger partial charge >= 0.3 is 5.69 Å². The Balaban J connectivity index is 1.92. The second-order valence-electron chi connectivity index (χ2n) is 6.76. The minimum atomic E-state index is -0.216. The smallest absolute Gasteiger partial charge is 0.331 e. The fourth-order valence-corrected chi connectivity index (χ4v) is 2.46. The van der Waals surface area contributed by atoms with Gasteiger partial charge in [0.15, 0.2) is 0 Å². The first kappa shape index (κ1) is 17.2. The van der Waals surface area contributed by atoms with Crippen LogP contribution in [0.25, 0.3) is 5.82 Å². The molecule has 3 heterocycles. The first-order chi connectivity index (χ1) is 11.7. The average Bonchev–Trinajstić information content (AvgIpc) is 2.91. The number of rotatable bonds is 3. The molecule has 0 aromatic carbocycles. The highest BCUT2D eigenvalue weighted by Gasteiger charge is 2.18. The van der Waals surface area contributed by atoms with Crippen LogP contribution in [0.1, 0.15) is 32.2 Å². The summed E-state index contributed by atoms with van der Waals surface area (Å²) >= 11 is 5.86. The molecular weight excluding hydrogens is 340 g/mol. The van der Waals surface area contributed by atoms with E-state index in [0.717, 1.165) is 5.69 Å². The fraction of sp³-hybridized carbons (Fsp3) is 0.278. The number of nitrogens with zero attached hydrogens (tertiary/aromatic N) is 3. The number of ether oxygens (including phenoxy) is 1. The van der Waals surface area contributed by atoms with Crippen LogP contribution in [0.4, 0.5) is 0 Å². The van der Waals surface area contributed by atoms with Crippen LogP contribution in [0, 0.1) is 6.92 Å². The van der Waals surface area contributed by atoms with Gasteiger partial charge in [-0.1, -0.05) is 32.4 Å². The van der Waals surface area contributed by atoms with E-state index in [4.69, 9.17) is 16.3 Å². The maximum Gasteiger partial charge on any atom is 0.331 e. The molecule has 0 aliphatic carbocycles. The van der Waals surface area contributed by atoms with Crippen molar-refractivity contribution in [2.24, 2.45) is 0 Å². The number of nitrogens with one attached hydrogen (secondary N) is 1. The van der Waals surface area contributed by atoms with E-state index >= 15 is 0 Å². The minimum Gasteiger partial charge on any atom is -0.455 e. The Morgan fingerprint density at radius 3 is 2.60 bits per heavy atom. The van der Waals surface area contributed by atoms with Crippen molar-refractivity contribution in [1.82, 2.24) is 19.5 Å². The van der Waals surface area contributed by atoms with Gasteiger partial charge in [0.1, 0.15) is 22.5 Å². The molecule has 1 N–H and O–H groups in total. The van der Waals surface area contributed by atoms with Crippen LogP contribution >= 0.6 is 11.6 Å². The molecule has 0 saturated carbocycles. The van der Waals surface area contributed by atoms with Gasteiger partial charge in [0, 0.05) is 29.6 Å². The number of H-pyrrole nitrogens is 1. The second-order valence-corrected chi connectivity index (χ2v) is 7.15. The maximum absolute atomic E-state index is 12.2. The zero-order valence-electron chi connectivity index (χ0n) is 14.5. The van der Waals surface area contributed by atoms with E-state index < -0.39 is 0 Å². The molecule has 0 aliphatic heterocycles. The molecule has 0 amide bonds. The molecule has 0 aliphatic rings. The average molecular weight is 359 g/mol. The van der Waals surface area contributed by atoms with Gasteiger partial charge in [0.25, 0.3) is 0 Å². The van der Waals surface area contributed by atoms with Gasteiger partial charge in [-0.05, 0) is 25.1 Å². The Morgan fingerprint density at radius 2 is 2.00 bits per heavy atom. The van der Waals surface area contributed by atoms with Gasteiger partial charge in [0.05, 0.1) is 5.69 Å². The Hall–Kier alpha value is -2.60. The lowest BCUT2D eigenvalue weighted by Gasteiger charge is -2.14. The standard InChI is InChI=1S/C18H19ClN4O2/c1-11-13(25-12-7-8-20-15(19)9-12)5-6-16(21-11)23-10-14(18(2,3)4)22-17(23)24/h5-10H,1-4H3,(H,22,24). The molecular formula is C18H19ClN4O2. The summed E-state index contributed by atoms with van der Waals surface area (Å²) in [4.78, 5) is 23.5. The number of pyridine rings is 2. The second kappa shape index (κ2) is 6.37. The van der Waals surface area contributed by atoms with E-state index in [-0.39, 0.29) is 11.1 Å². The molecule has 25 heavy (non-hydrogen) atoms. The highest BCUT2D eigenvalue weighted by atomic mass is 35.5. The van der Waals surface area contributed by atoms with Crippen molar-refractivity contribution in [3.63, 3.8) is 0 Å². The zero-order valence-corrected chi connectivity index (χ0v) is 15.3. The number of aromatic amines is 1. The molecule has 3 aromatic heterocycles. The van der Waals surface area contributed by atoms with E-state index in [0.29, 0.717) is 28.2 Å². The Bertz CT molecular complexity index is 970. The lowest BCUT2D eigenvalue weighted by atomic mass is 9.93. The van der Waals surface area contributed by atoms with Crippen molar-refractivity contribution in [3.05, 3.63) is 63.7 Å². The molecule has 7 heteroatoms. The van der Waals surface area contributed by atoms with Crippen molar-refractivity contribution in [2.45, 2.75) is 33.1 Å². The maximum atomic E-state index is 12.2. The van der Waals surface area contributed by atoms with E-state index in [1.54, 1.807) is 36.7 Å². The molecule has 0 spiro atoms. The normalized spacial score (nSPS) is 11.6. The molecule has 0 atom stereocenters. The van der Waals surface area contributed by atoms with E-state index in [1.165, 1.54) is 4.57 Å². The summed E-state index contributed by atoms with van der Waals surface area (Å²) in [6.45, 7) is 7.94. The molecule has 0 bridgehead atoms. The molecule has 0 radical (unpaired) electrons. The first-order valence-corrected chi connectivity index (χ1v) is 8.21. The molecule has 3 rings (SSSR count). The predicted octanol–water partition coefficient (Wildman–Crippen LogP) is 4.01. The highest BCUT2D eigenvalue weighted by molar-refractivity contribution is 6.29. The van der Waals surface area contributed by atoms with Crippen LogP contribution in [0.2, 0.25) is 5.15 Å². The first-order valence-electron chi connectivity index (χ1n) is 7.83. The SMILES string of the molecule is Cc1nc(-n2cc(C(C)(C)C)[nH]c2=O)ccc1Oc1ccnc(Cl)c1. The van der Waals surface area contributed by atoms with Crippen molar-refractivity contribution in [3.8, 4) is 17.3 Å². The van der Waals surface area contributed by atoms with Crippen LogP contribution in [0.15, 0.2) is 41.5 Å². The number of halogens is 1. The quantitative estimate of drug-likeness (QED) is 0.718. The molecule has 130 valence electrons. The summed E-state index contributed by atoms with van der Waals surface area (Å²) in [5.74, 6) is 1.70. The number of hydrogen-bond acceptors (Lipinski definition) is 4. The van der Waals surface area contributed by atoms with Crippen LogP contribution in [0.5, 0.6) is 11.5 Å². The molecule has 0 saturated heterocycles. The van der Waals surface area contributed by atoms with Crippen molar-refractivity contribution in [1.29, 1.82) is 0 Å². The Kier molecular flexibility index (Phi) is 4.39. The van der Waals surface area contributed by atoms with E-state index in [9.17, 15) is 4.79 Å². The largest absolute Gasteiger partial charge is 0.455 e. The van der Waals surface area contributed by atoms with E-state index in [1.807, 2.05) is 27.7 Å². The lowest BCUT2D eigenvalue weighted by molar-refractivity contribution is 0.474. The third kappa shape index (κ3) is 3.74. The summed E-state index contributed by atoms with van der Waals surface area (Å²) in [5.41, 5.74) is 1.15. The lowest BCUT2D eigenvalue weighted by Crippen LogP contribution is -2.16. The number of imidazole rings is 1. The van der Waals surface area contributed by atoms with Gasteiger partial charge in [-0.15, -0.1) is 0 Å². The monoisotopic (exact) mass is 358 g/mol. The van der Waals surface area contributed by atoms with Crippen molar-refractivity contribution < 1.29 is 4.74 Å². The third-order valence-electron chi connectivity index (χ3n) is 3.72. The van der Waals surface area contributed by atoms with Gasteiger partial charge in [-0.2, -0.15) is 0 Å². The van der Waals surface area contributed by atoms with Crippen molar-refractivity contribution >= 4 is 11.6 Å². The van der Waals surface area contributed by atoms with Gasteiger partial charge in [-0.3, -0.25) is 4.57 Å². The molecule has 3 aromatic rings. The summed E-state index contributed by atoms with van der Waals surface area (Å²) in [6.07, 6.45) is 3.36. The molecule has 0 unspecified atom stereocenters. The highest BCUT2D eigenvalue weighted by Crippen LogP contribution is 2.26. The van der Waals surface area contributed by atoms with Crippen LogP contribution in [-0.4, -0.2) is 19.5 Å². The summed E-state index contributed by atoms with van der Waals surface area (Å²) < 4.78 is 7.29. The Morgan fingerprint density at radius 1 is 1.24 bits per heavy atom.